The number of nitrogens with two attached hydrogens (primary N) is 3. The lowest BCUT2D eigenvalue weighted by Gasteiger charge is -2.24. The van der Waals surface area contributed by atoms with Crippen molar-refractivity contribution in [3.05, 3.63) is 29.8 Å². The maximum atomic E-state index is 13.0. The number of unbranched alkanes of at least 4 members (excludes halogenated alkanes) is 1. The van der Waals surface area contributed by atoms with E-state index in [1.165, 1.54) is 24.3 Å². The van der Waals surface area contributed by atoms with E-state index in [1.54, 1.807) is 0 Å². The predicted molar refractivity (Wildman–Crippen MR) is 137 cm³/mol. The number of rotatable bonds is 18. The van der Waals surface area contributed by atoms with Gasteiger partial charge in [-0.3, -0.25) is 24.0 Å². The van der Waals surface area contributed by atoms with E-state index in [4.69, 9.17) is 17.2 Å². The van der Waals surface area contributed by atoms with Crippen LogP contribution in [0.1, 0.15) is 44.1 Å². The molecule has 12 N–H and O–H groups in total. The van der Waals surface area contributed by atoms with E-state index in [9.17, 15) is 44.1 Å². The smallest absolute Gasteiger partial charge is 0.326 e. The van der Waals surface area contributed by atoms with Crippen molar-refractivity contribution < 1.29 is 44.1 Å². The summed E-state index contributed by atoms with van der Waals surface area (Å²) in [5.41, 5.74) is 16.8. The van der Waals surface area contributed by atoms with Crippen LogP contribution < -0.4 is 33.2 Å². The molecule has 0 aliphatic rings. The minimum atomic E-state index is -1.67. The zero-order valence-corrected chi connectivity index (χ0v) is 21.3. The third-order valence-electron chi connectivity index (χ3n) is 5.62. The van der Waals surface area contributed by atoms with E-state index >= 15 is 0 Å². The molecular weight excluding hydrogens is 516 g/mol. The molecule has 0 aliphatic carbocycles. The van der Waals surface area contributed by atoms with Gasteiger partial charge in [0, 0.05) is 12.8 Å². The van der Waals surface area contributed by atoms with Crippen molar-refractivity contribution >= 4 is 35.6 Å². The van der Waals surface area contributed by atoms with Crippen LogP contribution >= 0.6 is 0 Å². The fourth-order valence-electron chi connectivity index (χ4n) is 3.47. The highest BCUT2D eigenvalue weighted by Crippen LogP contribution is 2.12. The third-order valence-corrected chi connectivity index (χ3v) is 5.62. The topological polar surface area (TPSA) is 277 Å². The van der Waals surface area contributed by atoms with Crippen molar-refractivity contribution in [2.24, 2.45) is 17.2 Å². The number of aromatic hydroxyl groups is 1. The van der Waals surface area contributed by atoms with Gasteiger partial charge in [0.2, 0.25) is 23.6 Å². The highest BCUT2D eigenvalue weighted by molar-refractivity contribution is 5.95. The zero-order chi connectivity index (χ0) is 29.5. The first kappa shape index (κ1) is 32.8. The van der Waals surface area contributed by atoms with Crippen molar-refractivity contribution in [3.8, 4) is 5.75 Å². The summed E-state index contributed by atoms with van der Waals surface area (Å²) < 4.78 is 0. The van der Waals surface area contributed by atoms with Crippen molar-refractivity contribution in [2.45, 2.75) is 69.1 Å². The molecular formula is C24H36N6O9. The Bertz CT molecular complexity index is 1020. The van der Waals surface area contributed by atoms with Crippen LogP contribution in [0, 0.1) is 0 Å². The van der Waals surface area contributed by atoms with Crippen LogP contribution in [0.15, 0.2) is 24.3 Å². The summed E-state index contributed by atoms with van der Waals surface area (Å²) in [5.74, 6) is -6.28. The molecule has 0 aromatic heterocycles. The van der Waals surface area contributed by atoms with E-state index in [2.05, 4.69) is 16.0 Å². The van der Waals surface area contributed by atoms with Crippen LogP contribution in [0.4, 0.5) is 0 Å². The van der Waals surface area contributed by atoms with Gasteiger partial charge in [-0.05, 0) is 49.9 Å². The molecule has 4 unspecified atom stereocenters. The number of carboxylic acids is 2. The Morgan fingerprint density at radius 2 is 1.36 bits per heavy atom. The van der Waals surface area contributed by atoms with Gasteiger partial charge in [-0.15, -0.1) is 0 Å². The van der Waals surface area contributed by atoms with Gasteiger partial charge in [-0.2, -0.15) is 0 Å². The molecule has 4 atom stereocenters. The lowest BCUT2D eigenvalue weighted by molar-refractivity contribution is -0.143. The lowest BCUT2D eigenvalue weighted by Crippen LogP contribution is -2.57. The first-order valence-electron chi connectivity index (χ1n) is 12.2. The van der Waals surface area contributed by atoms with Crippen molar-refractivity contribution in [1.82, 2.24) is 16.0 Å². The fraction of sp³-hybridized carbons (Fsp3) is 0.500. The number of phenolic OH excluding ortho intramolecular Hbond substituents is 1. The summed E-state index contributed by atoms with van der Waals surface area (Å²) in [6.07, 6.45) is -0.300. The van der Waals surface area contributed by atoms with Crippen LogP contribution in [-0.4, -0.2) is 81.6 Å². The van der Waals surface area contributed by atoms with Crippen LogP contribution in [0.25, 0.3) is 0 Å². The minimum Gasteiger partial charge on any atom is -0.508 e. The van der Waals surface area contributed by atoms with Gasteiger partial charge < -0.3 is 48.5 Å². The Balaban J connectivity index is 3.01. The quantitative estimate of drug-likeness (QED) is 0.0871. The molecule has 0 aliphatic heterocycles. The largest absolute Gasteiger partial charge is 0.508 e. The number of benzene rings is 1. The second-order valence-corrected chi connectivity index (χ2v) is 8.89. The molecule has 1 rings (SSSR count). The average Bonchev–Trinajstić information content (AvgIpc) is 2.86. The molecule has 1 aromatic rings. The second-order valence-electron chi connectivity index (χ2n) is 8.89. The molecule has 1 aromatic carbocycles. The second kappa shape index (κ2) is 16.6. The van der Waals surface area contributed by atoms with Crippen molar-refractivity contribution in [2.75, 3.05) is 6.54 Å². The first-order chi connectivity index (χ1) is 18.3. The van der Waals surface area contributed by atoms with Crippen molar-refractivity contribution in [3.63, 3.8) is 0 Å². The van der Waals surface area contributed by atoms with Crippen LogP contribution in [0.5, 0.6) is 5.75 Å². The standard InChI is InChI=1S/C24H36N6O9/c25-10-2-1-3-16(28-21(35)15(26)8-9-19(27)32)22(36)29-17(12-20(33)34)23(37)30-18(24(38)39)11-13-4-6-14(31)7-5-13/h4-7,15-18,31H,1-3,8-12,25-26H2,(H2,27,32)(H,28,35)(H,29,36)(H,30,37)(H,33,34)(H,38,39). The number of carbonyl (C=O) groups excluding carboxylic acids is 4. The number of phenols is 1. The van der Waals surface area contributed by atoms with Crippen LogP contribution in [0.3, 0.4) is 0 Å². The first-order valence-corrected chi connectivity index (χ1v) is 12.2. The number of carbonyl (C=O) groups is 6. The molecule has 0 bridgehead atoms. The van der Waals surface area contributed by atoms with Crippen LogP contribution in [0.2, 0.25) is 0 Å². The van der Waals surface area contributed by atoms with E-state index in [0.717, 1.165) is 0 Å². The summed E-state index contributed by atoms with van der Waals surface area (Å²) in [7, 11) is 0. The summed E-state index contributed by atoms with van der Waals surface area (Å²) in [6.45, 7) is 0.308. The van der Waals surface area contributed by atoms with Crippen molar-refractivity contribution in [1.29, 1.82) is 0 Å². The maximum Gasteiger partial charge on any atom is 0.326 e. The summed E-state index contributed by atoms with van der Waals surface area (Å²) in [4.78, 5) is 72.5. The minimum absolute atomic E-state index is 0.0409. The van der Waals surface area contributed by atoms with E-state index in [-0.39, 0.29) is 31.4 Å². The average molecular weight is 553 g/mol. The Labute approximate surface area is 224 Å². The third kappa shape index (κ3) is 12.7. The molecule has 4 amide bonds. The van der Waals surface area contributed by atoms with E-state index < -0.39 is 66.2 Å². The number of hydrogen-bond donors (Lipinski definition) is 9. The molecule has 0 radical (unpaired) electrons. The summed E-state index contributed by atoms with van der Waals surface area (Å²) in [5, 5.41) is 35.1. The van der Waals surface area contributed by atoms with Gasteiger partial charge in [-0.1, -0.05) is 12.1 Å². The fourth-order valence-corrected chi connectivity index (χ4v) is 3.47. The number of carboxylic acid groups (broad SMARTS) is 2. The van der Waals surface area contributed by atoms with E-state index in [1.807, 2.05) is 0 Å². The molecule has 216 valence electrons. The van der Waals surface area contributed by atoms with E-state index in [0.29, 0.717) is 24.9 Å². The monoisotopic (exact) mass is 552 g/mol. The van der Waals surface area contributed by atoms with Gasteiger partial charge >= 0.3 is 11.9 Å². The molecule has 15 nitrogen and oxygen atoms in total. The normalized spacial score (nSPS) is 13.8. The van der Waals surface area contributed by atoms with Gasteiger partial charge in [0.1, 0.15) is 23.9 Å². The Hall–Kier alpha value is -4.24. The predicted octanol–water partition coefficient (Wildman–Crippen LogP) is -2.33. The highest BCUT2D eigenvalue weighted by Gasteiger charge is 2.31. The number of hydrogen-bond acceptors (Lipinski definition) is 9. The summed E-state index contributed by atoms with van der Waals surface area (Å²) in [6, 6.07) is 0.0578. The zero-order valence-electron chi connectivity index (χ0n) is 21.3. The summed E-state index contributed by atoms with van der Waals surface area (Å²) >= 11 is 0. The number of primary amides is 1. The molecule has 0 heterocycles. The number of amides is 4. The molecule has 0 saturated heterocycles. The maximum absolute atomic E-state index is 13.0. The Morgan fingerprint density at radius 3 is 1.90 bits per heavy atom. The molecule has 15 heteroatoms. The lowest BCUT2D eigenvalue weighted by atomic mass is 10.0. The van der Waals surface area contributed by atoms with Gasteiger partial charge in [0.15, 0.2) is 0 Å². The Morgan fingerprint density at radius 1 is 0.795 bits per heavy atom. The molecule has 39 heavy (non-hydrogen) atoms. The van der Waals surface area contributed by atoms with Gasteiger partial charge in [0.05, 0.1) is 12.5 Å². The Kier molecular flexibility index (Phi) is 13.9. The SMILES string of the molecule is NCCCCC(NC(=O)C(N)CCC(N)=O)C(=O)NC(CC(=O)O)C(=O)NC(Cc1ccc(O)cc1)C(=O)O. The number of aliphatic carboxylic acids is 2. The van der Waals surface area contributed by atoms with Gasteiger partial charge in [0.25, 0.3) is 0 Å². The molecule has 0 spiro atoms. The number of nitrogens with one attached hydrogen (secondary N) is 3. The molecule has 0 saturated carbocycles. The molecule has 0 fully saturated rings. The highest BCUT2D eigenvalue weighted by atomic mass is 16.4. The van der Waals surface area contributed by atoms with Gasteiger partial charge in [-0.25, -0.2) is 4.79 Å². The van der Waals surface area contributed by atoms with Crippen LogP contribution in [-0.2, 0) is 35.2 Å².